The van der Waals surface area contributed by atoms with E-state index in [4.69, 9.17) is 5.73 Å². The highest BCUT2D eigenvalue weighted by Gasteiger charge is 2.01. The van der Waals surface area contributed by atoms with Crippen LogP contribution in [0.2, 0.25) is 0 Å². The van der Waals surface area contributed by atoms with Gasteiger partial charge in [-0.1, -0.05) is 11.8 Å². The molecule has 5 heteroatoms. The van der Waals surface area contributed by atoms with Crippen LogP contribution < -0.4 is 5.73 Å². The van der Waals surface area contributed by atoms with Gasteiger partial charge >= 0.3 is 0 Å². The molecule has 4 nitrogen and oxygen atoms in total. The second-order valence-corrected chi connectivity index (χ2v) is 5.34. The minimum atomic E-state index is 0.248. The smallest absolute Gasteiger partial charge is 0.123 e. The van der Waals surface area contributed by atoms with Crippen LogP contribution in [-0.4, -0.2) is 15.1 Å². The maximum atomic E-state index is 9.42. The molecule has 0 atom stereocenters. The van der Waals surface area contributed by atoms with Crippen molar-refractivity contribution in [2.24, 2.45) is 0 Å². The van der Waals surface area contributed by atoms with Gasteiger partial charge in [0.25, 0.3) is 0 Å². The number of rotatable bonds is 1. The Balaban J connectivity index is 1.77. The van der Waals surface area contributed by atoms with Gasteiger partial charge in [-0.05, 0) is 42.5 Å². The van der Waals surface area contributed by atoms with E-state index in [1.165, 1.54) is 11.3 Å². The number of thiazole rings is 1. The van der Waals surface area contributed by atoms with Crippen molar-refractivity contribution in [2.75, 3.05) is 5.73 Å². The molecule has 102 valence electrons. The summed E-state index contributed by atoms with van der Waals surface area (Å²) in [5.74, 6) is 6.63. The molecule has 3 N–H and O–H groups in total. The number of phenols is 1. The summed E-state index contributed by atoms with van der Waals surface area (Å²) >= 11 is 1.51. The Bertz CT molecular complexity index is 870. The van der Waals surface area contributed by atoms with E-state index in [-0.39, 0.29) is 5.75 Å². The summed E-state index contributed by atoms with van der Waals surface area (Å²) < 4.78 is 0.949. The average Bonchev–Trinajstić information content (AvgIpc) is 2.87. The van der Waals surface area contributed by atoms with E-state index in [1.54, 1.807) is 36.5 Å². The predicted molar refractivity (Wildman–Crippen MR) is 85.8 cm³/mol. The molecule has 0 fully saturated rings. The summed E-state index contributed by atoms with van der Waals surface area (Å²) in [7, 11) is 0. The first kappa shape index (κ1) is 13.2. The van der Waals surface area contributed by atoms with Crippen molar-refractivity contribution in [3.05, 3.63) is 53.2 Å². The quantitative estimate of drug-likeness (QED) is 0.676. The second-order valence-electron chi connectivity index (χ2n) is 4.28. The lowest BCUT2D eigenvalue weighted by Crippen LogP contribution is -1.88. The van der Waals surface area contributed by atoms with Crippen LogP contribution in [0, 0.1) is 11.8 Å². The predicted octanol–water partition coefficient (Wildman–Crippen LogP) is 3.04. The first-order valence-electron chi connectivity index (χ1n) is 6.20. The Kier molecular flexibility index (Phi) is 3.54. The van der Waals surface area contributed by atoms with E-state index in [0.717, 1.165) is 20.8 Å². The molecule has 0 bridgehead atoms. The Hall–Kier alpha value is -2.84. The van der Waals surface area contributed by atoms with Gasteiger partial charge in [-0.2, -0.15) is 0 Å². The van der Waals surface area contributed by atoms with Gasteiger partial charge in [0.2, 0.25) is 0 Å². The summed E-state index contributed by atoms with van der Waals surface area (Å²) in [6.07, 6.45) is 5.23. The number of benzene rings is 1. The molecule has 0 unspecified atom stereocenters. The molecule has 2 aromatic heterocycles. The fraction of sp³-hybridized carbons (Fsp3) is 0. The second kappa shape index (κ2) is 5.65. The fourth-order valence-electron chi connectivity index (χ4n) is 1.72. The molecule has 0 amide bonds. The fourth-order valence-corrected chi connectivity index (χ4v) is 2.62. The molecule has 3 rings (SSSR count). The van der Waals surface area contributed by atoms with E-state index in [0.29, 0.717) is 5.82 Å². The summed E-state index contributed by atoms with van der Waals surface area (Å²) in [6.45, 7) is 0. The van der Waals surface area contributed by atoms with Crippen molar-refractivity contribution in [3.8, 4) is 17.6 Å². The van der Waals surface area contributed by atoms with Crippen LogP contribution in [0.1, 0.15) is 10.6 Å². The van der Waals surface area contributed by atoms with Crippen molar-refractivity contribution < 1.29 is 5.11 Å². The van der Waals surface area contributed by atoms with Crippen LogP contribution >= 0.6 is 11.3 Å². The Morgan fingerprint density at radius 1 is 1.24 bits per heavy atom. The van der Waals surface area contributed by atoms with Crippen molar-refractivity contribution in [1.82, 2.24) is 9.97 Å². The number of fused-ring (bicyclic) bond motifs is 1. The third-order valence-electron chi connectivity index (χ3n) is 2.70. The molecule has 0 saturated carbocycles. The molecular weight excluding hydrogens is 282 g/mol. The third-order valence-corrected chi connectivity index (χ3v) is 3.68. The van der Waals surface area contributed by atoms with Gasteiger partial charge in [-0.15, -0.1) is 11.3 Å². The largest absolute Gasteiger partial charge is 0.508 e. The van der Waals surface area contributed by atoms with E-state index in [1.807, 2.05) is 12.1 Å². The lowest BCUT2D eigenvalue weighted by atomic mass is 10.3. The lowest BCUT2D eigenvalue weighted by Gasteiger charge is -1.89. The monoisotopic (exact) mass is 293 g/mol. The van der Waals surface area contributed by atoms with Crippen LogP contribution in [-0.2, 0) is 0 Å². The molecule has 21 heavy (non-hydrogen) atoms. The summed E-state index contributed by atoms with van der Waals surface area (Å²) in [5.41, 5.74) is 7.18. The number of aromatic hydroxyl groups is 1. The number of pyridine rings is 1. The summed E-state index contributed by atoms with van der Waals surface area (Å²) in [6, 6.07) is 8.67. The highest BCUT2D eigenvalue weighted by Crippen LogP contribution is 2.26. The van der Waals surface area contributed by atoms with Gasteiger partial charge in [0.1, 0.15) is 16.6 Å². The summed E-state index contributed by atoms with van der Waals surface area (Å²) in [4.78, 5) is 8.40. The zero-order chi connectivity index (χ0) is 14.7. The molecule has 0 spiro atoms. The molecular formula is C16H11N3OS. The van der Waals surface area contributed by atoms with Gasteiger partial charge in [0, 0.05) is 11.8 Å². The highest BCUT2D eigenvalue weighted by atomic mass is 32.1. The SMILES string of the molecule is Nc1ccc(C#C/C=C/c2nc3ccc(O)cc3s2)cn1. The molecule has 1 aromatic carbocycles. The molecule has 0 saturated heterocycles. The minimum absolute atomic E-state index is 0.248. The first-order chi connectivity index (χ1) is 10.2. The Morgan fingerprint density at radius 3 is 2.95 bits per heavy atom. The number of phenolic OH excluding ortho intramolecular Hbond substituents is 1. The number of nitrogens with two attached hydrogens (primary N) is 1. The van der Waals surface area contributed by atoms with Gasteiger partial charge in [0.15, 0.2) is 0 Å². The minimum Gasteiger partial charge on any atom is -0.508 e. The first-order valence-corrected chi connectivity index (χ1v) is 7.01. The molecule has 2 heterocycles. The van der Waals surface area contributed by atoms with Crippen LogP contribution in [0.3, 0.4) is 0 Å². The van der Waals surface area contributed by atoms with Gasteiger partial charge < -0.3 is 10.8 Å². The molecule has 0 radical (unpaired) electrons. The number of allylic oxidation sites excluding steroid dienone is 1. The van der Waals surface area contributed by atoms with Crippen LogP contribution in [0.15, 0.2) is 42.6 Å². The van der Waals surface area contributed by atoms with Gasteiger partial charge in [-0.3, -0.25) is 0 Å². The lowest BCUT2D eigenvalue weighted by molar-refractivity contribution is 0.476. The molecule has 0 aliphatic carbocycles. The van der Waals surface area contributed by atoms with Crippen molar-refractivity contribution in [3.63, 3.8) is 0 Å². The third kappa shape index (κ3) is 3.19. The van der Waals surface area contributed by atoms with Gasteiger partial charge in [-0.25, -0.2) is 9.97 Å². The van der Waals surface area contributed by atoms with Crippen molar-refractivity contribution in [2.45, 2.75) is 0 Å². The number of hydrogen-bond donors (Lipinski definition) is 2. The van der Waals surface area contributed by atoms with Gasteiger partial charge in [0.05, 0.1) is 10.2 Å². The standard InChI is InChI=1S/C16H11N3OS/c17-15-8-5-11(10-18-15)3-1-2-4-16-19-13-7-6-12(20)9-14(13)21-16/h2,4-10,20H,(H2,17,18)/b4-2+. The topological polar surface area (TPSA) is 72.0 Å². The highest BCUT2D eigenvalue weighted by molar-refractivity contribution is 7.19. The number of nitrogen functional groups attached to an aromatic ring is 1. The van der Waals surface area contributed by atoms with E-state index >= 15 is 0 Å². The Labute approximate surface area is 125 Å². The van der Waals surface area contributed by atoms with E-state index in [9.17, 15) is 5.11 Å². The molecule has 0 aliphatic rings. The average molecular weight is 293 g/mol. The van der Waals surface area contributed by atoms with Crippen LogP contribution in [0.25, 0.3) is 16.3 Å². The van der Waals surface area contributed by atoms with Crippen LogP contribution in [0.4, 0.5) is 5.82 Å². The van der Waals surface area contributed by atoms with E-state index < -0.39 is 0 Å². The van der Waals surface area contributed by atoms with Crippen LogP contribution in [0.5, 0.6) is 5.75 Å². The molecule has 3 aromatic rings. The number of nitrogens with zero attached hydrogens (tertiary/aromatic N) is 2. The maximum Gasteiger partial charge on any atom is 0.123 e. The zero-order valence-corrected chi connectivity index (χ0v) is 11.8. The summed E-state index contributed by atoms with van der Waals surface area (Å²) in [5, 5.41) is 10.3. The normalized spacial score (nSPS) is 10.7. The Morgan fingerprint density at radius 2 is 2.14 bits per heavy atom. The number of hydrogen-bond acceptors (Lipinski definition) is 5. The van der Waals surface area contributed by atoms with Crippen molar-refractivity contribution in [1.29, 1.82) is 0 Å². The zero-order valence-electron chi connectivity index (χ0n) is 10.9. The number of aromatic nitrogens is 2. The molecule has 0 aliphatic heterocycles. The van der Waals surface area contributed by atoms with Crippen molar-refractivity contribution >= 4 is 33.4 Å². The maximum absolute atomic E-state index is 9.42. The number of anilines is 1. The van der Waals surface area contributed by atoms with E-state index in [2.05, 4.69) is 21.8 Å².